The predicted molar refractivity (Wildman–Crippen MR) is 141 cm³/mol. The number of hydrogen-bond acceptors (Lipinski definition) is 5. The first-order valence-corrected chi connectivity index (χ1v) is 13.9. The van der Waals surface area contributed by atoms with Crippen LogP contribution in [0.3, 0.4) is 0 Å². The van der Waals surface area contributed by atoms with E-state index in [9.17, 15) is 22.8 Å². The van der Waals surface area contributed by atoms with Gasteiger partial charge >= 0.3 is 5.97 Å². The van der Waals surface area contributed by atoms with Gasteiger partial charge in [-0.2, -0.15) is 0 Å². The highest BCUT2D eigenvalue weighted by Crippen LogP contribution is 2.44. The van der Waals surface area contributed by atoms with E-state index in [1.165, 1.54) is 11.3 Å². The van der Waals surface area contributed by atoms with Crippen molar-refractivity contribution in [1.82, 2.24) is 14.2 Å². The second-order valence-electron chi connectivity index (χ2n) is 9.65. The van der Waals surface area contributed by atoms with Crippen molar-refractivity contribution >= 4 is 38.7 Å². The molecular weight excluding hydrogens is 494 g/mol. The highest BCUT2D eigenvalue weighted by atomic mass is 32.2. The van der Waals surface area contributed by atoms with E-state index in [1.807, 2.05) is 39.6 Å². The smallest absolute Gasteiger partial charge is 0.320 e. The minimum atomic E-state index is -4.35. The zero-order valence-corrected chi connectivity index (χ0v) is 21.8. The highest BCUT2D eigenvalue weighted by molar-refractivity contribution is 7.90. The van der Waals surface area contributed by atoms with Gasteiger partial charge in [-0.1, -0.05) is 55.7 Å². The Morgan fingerprint density at radius 1 is 1.03 bits per heavy atom. The second kappa shape index (κ2) is 10.8. The van der Waals surface area contributed by atoms with Gasteiger partial charge in [0.05, 0.1) is 11.2 Å². The fourth-order valence-electron chi connectivity index (χ4n) is 5.07. The Kier molecular flexibility index (Phi) is 7.68. The SMILES string of the molecule is CN(C)C(=O)Cn1c(-c2ccccc2)c(C2CCCCC2)c2ccc(C(=O)NS(=O)(=O)CC(=O)O)cc21. The van der Waals surface area contributed by atoms with Crippen LogP contribution >= 0.6 is 0 Å². The lowest BCUT2D eigenvalue weighted by atomic mass is 9.82. The van der Waals surface area contributed by atoms with E-state index in [1.54, 1.807) is 32.3 Å². The topological polar surface area (TPSA) is 126 Å². The van der Waals surface area contributed by atoms with Gasteiger partial charge < -0.3 is 14.6 Å². The molecule has 0 unspecified atom stereocenters. The lowest BCUT2D eigenvalue weighted by Gasteiger charge is -2.24. The van der Waals surface area contributed by atoms with Crippen LogP contribution in [0.2, 0.25) is 0 Å². The average molecular weight is 526 g/mol. The Bertz CT molecular complexity index is 1440. The molecule has 0 radical (unpaired) electrons. The highest BCUT2D eigenvalue weighted by Gasteiger charge is 2.28. The average Bonchev–Trinajstić information content (AvgIpc) is 3.17. The van der Waals surface area contributed by atoms with Crippen molar-refractivity contribution < 1.29 is 27.9 Å². The maximum atomic E-state index is 12.9. The number of sulfonamides is 1. The number of benzene rings is 2. The van der Waals surface area contributed by atoms with E-state index < -0.39 is 27.7 Å². The van der Waals surface area contributed by atoms with Crippen molar-refractivity contribution in [3.05, 3.63) is 59.7 Å². The van der Waals surface area contributed by atoms with Gasteiger partial charge in [0, 0.05) is 25.0 Å². The van der Waals surface area contributed by atoms with Gasteiger partial charge in [-0.3, -0.25) is 14.4 Å². The van der Waals surface area contributed by atoms with Crippen LogP contribution in [0.1, 0.15) is 53.9 Å². The zero-order chi connectivity index (χ0) is 26.7. The molecule has 9 nitrogen and oxygen atoms in total. The van der Waals surface area contributed by atoms with Crippen molar-refractivity contribution in [3.63, 3.8) is 0 Å². The number of hydrogen-bond donors (Lipinski definition) is 2. The number of carboxylic acid groups (broad SMARTS) is 1. The van der Waals surface area contributed by atoms with Crippen LogP contribution in [0, 0.1) is 0 Å². The first-order chi connectivity index (χ1) is 17.6. The predicted octanol–water partition coefficient (Wildman–Crippen LogP) is 3.59. The van der Waals surface area contributed by atoms with Gasteiger partial charge in [0.15, 0.2) is 5.75 Å². The first-order valence-electron chi connectivity index (χ1n) is 12.3. The summed E-state index contributed by atoms with van der Waals surface area (Å²) in [6.45, 7) is 0.0445. The third kappa shape index (κ3) is 5.85. The molecule has 3 aromatic rings. The zero-order valence-electron chi connectivity index (χ0n) is 20.9. The quantitative estimate of drug-likeness (QED) is 0.463. The van der Waals surface area contributed by atoms with Crippen molar-refractivity contribution in [3.8, 4) is 11.3 Å². The number of aromatic nitrogens is 1. The molecule has 0 spiro atoms. The molecule has 37 heavy (non-hydrogen) atoms. The summed E-state index contributed by atoms with van der Waals surface area (Å²) < 4.78 is 27.9. The summed E-state index contributed by atoms with van der Waals surface area (Å²) in [5.41, 5.74) is 3.73. The lowest BCUT2D eigenvalue weighted by molar-refractivity contribution is -0.134. The number of fused-ring (bicyclic) bond motifs is 1. The van der Waals surface area contributed by atoms with E-state index in [-0.39, 0.29) is 23.9 Å². The summed E-state index contributed by atoms with van der Waals surface area (Å²) in [5, 5.41) is 9.75. The van der Waals surface area contributed by atoms with Gasteiger partial charge in [-0.05, 0) is 42.0 Å². The number of carboxylic acids is 1. The number of carbonyl (C=O) groups is 3. The third-order valence-electron chi connectivity index (χ3n) is 6.78. The summed E-state index contributed by atoms with van der Waals surface area (Å²) in [6.07, 6.45) is 5.46. The molecule has 10 heteroatoms. The molecule has 2 aromatic carbocycles. The van der Waals surface area contributed by atoms with Crippen LogP contribution in [0.25, 0.3) is 22.2 Å². The Labute approximate surface area is 216 Å². The monoisotopic (exact) mass is 525 g/mol. The Hall–Kier alpha value is -3.66. The molecule has 0 atom stereocenters. The van der Waals surface area contributed by atoms with Crippen LogP contribution in [0.4, 0.5) is 0 Å². The van der Waals surface area contributed by atoms with Gasteiger partial charge in [-0.25, -0.2) is 13.1 Å². The van der Waals surface area contributed by atoms with Crippen LogP contribution in [0.5, 0.6) is 0 Å². The number of rotatable bonds is 8. The van der Waals surface area contributed by atoms with Crippen LogP contribution in [-0.4, -0.2) is 60.6 Å². The van der Waals surface area contributed by atoms with E-state index in [4.69, 9.17) is 5.11 Å². The number of likely N-dealkylation sites (N-methyl/N-ethyl adjacent to an activating group) is 1. The van der Waals surface area contributed by atoms with E-state index in [0.29, 0.717) is 5.52 Å². The van der Waals surface area contributed by atoms with Gasteiger partial charge in [-0.15, -0.1) is 0 Å². The van der Waals surface area contributed by atoms with E-state index in [2.05, 4.69) is 0 Å². The fourth-order valence-corrected chi connectivity index (χ4v) is 5.87. The van der Waals surface area contributed by atoms with Gasteiger partial charge in [0.25, 0.3) is 5.91 Å². The third-order valence-corrected chi connectivity index (χ3v) is 7.90. The molecule has 0 aliphatic heterocycles. The minimum absolute atomic E-state index is 0.0445. The molecule has 1 aromatic heterocycles. The minimum Gasteiger partial charge on any atom is -0.480 e. The summed E-state index contributed by atoms with van der Waals surface area (Å²) >= 11 is 0. The standard InChI is InChI=1S/C27H31N3O6S/c1-29(2)23(31)16-30-22-15-20(27(34)28-37(35,36)17-24(32)33)13-14-21(22)25(18-9-5-3-6-10-18)26(30)19-11-7-4-8-12-19/h4,7-8,11-15,18H,3,5-6,9-10,16-17H2,1-2H3,(H,28,34)(H,32,33). The molecule has 2 N–H and O–H groups in total. The molecule has 1 fully saturated rings. The molecule has 1 heterocycles. The molecular formula is C27H31N3O6S. The van der Waals surface area contributed by atoms with E-state index in [0.717, 1.165) is 47.9 Å². The van der Waals surface area contributed by atoms with Crippen molar-refractivity contribution in [1.29, 1.82) is 0 Å². The molecule has 0 saturated heterocycles. The number of aliphatic carboxylic acids is 1. The van der Waals surface area contributed by atoms with Crippen molar-refractivity contribution in [2.75, 3.05) is 19.8 Å². The first kappa shape index (κ1) is 26.4. The summed E-state index contributed by atoms with van der Waals surface area (Å²) in [5.74, 6) is -3.52. The summed E-state index contributed by atoms with van der Waals surface area (Å²) in [4.78, 5) is 38.1. The maximum absolute atomic E-state index is 12.9. The van der Waals surface area contributed by atoms with Crippen molar-refractivity contribution in [2.24, 2.45) is 0 Å². The normalized spacial score (nSPS) is 14.4. The summed E-state index contributed by atoms with van der Waals surface area (Å²) in [6, 6.07) is 14.8. The fraction of sp³-hybridized carbons (Fsp3) is 0.370. The molecule has 1 saturated carbocycles. The Balaban J connectivity index is 1.92. The van der Waals surface area contributed by atoms with Crippen LogP contribution in [-0.2, 0) is 26.2 Å². The molecule has 1 aliphatic carbocycles. The van der Waals surface area contributed by atoms with E-state index >= 15 is 0 Å². The van der Waals surface area contributed by atoms with Gasteiger partial charge in [0.2, 0.25) is 15.9 Å². The summed E-state index contributed by atoms with van der Waals surface area (Å²) in [7, 11) is -0.982. The van der Waals surface area contributed by atoms with Crippen LogP contribution in [0.15, 0.2) is 48.5 Å². The molecule has 4 rings (SSSR count). The molecule has 0 bridgehead atoms. The molecule has 1 aliphatic rings. The Morgan fingerprint density at radius 3 is 2.32 bits per heavy atom. The van der Waals surface area contributed by atoms with Gasteiger partial charge in [0.1, 0.15) is 6.54 Å². The number of nitrogens with one attached hydrogen (secondary N) is 1. The Morgan fingerprint density at radius 2 is 1.70 bits per heavy atom. The largest absolute Gasteiger partial charge is 0.480 e. The number of amides is 2. The second-order valence-corrected chi connectivity index (χ2v) is 11.4. The molecule has 2 amide bonds. The maximum Gasteiger partial charge on any atom is 0.320 e. The number of nitrogens with zero attached hydrogens (tertiary/aromatic N) is 2. The van der Waals surface area contributed by atoms with Crippen LogP contribution < -0.4 is 4.72 Å². The van der Waals surface area contributed by atoms with Crippen molar-refractivity contribution in [2.45, 2.75) is 44.6 Å². The lowest BCUT2D eigenvalue weighted by Crippen LogP contribution is -2.34. The molecule has 196 valence electrons. The number of carbonyl (C=O) groups excluding carboxylic acids is 2.